The number of hydrogen-bond acceptors (Lipinski definition) is 16. The van der Waals surface area contributed by atoms with Gasteiger partial charge < -0.3 is 74.8 Å². The van der Waals surface area contributed by atoms with Gasteiger partial charge in [-0.25, -0.2) is 0 Å². The quantitative estimate of drug-likeness (QED) is 0.126. The summed E-state index contributed by atoms with van der Waals surface area (Å²) in [5, 5.41) is 112. The first-order valence-corrected chi connectivity index (χ1v) is 13.0. The number of phenolic OH excluding ortho intramolecular Hbond substituents is 3. The van der Waals surface area contributed by atoms with E-state index in [1.165, 1.54) is 6.07 Å². The van der Waals surface area contributed by atoms with Gasteiger partial charge in [0.25, 0.3) is 0 Å². The second kappa shape index (κ2) is 11.9. The van der Waals surface area contributed by atoms with Crippen molar-refractivity contribution in [2.45, 2.75) is 61.2 Å². The smallest absolute Gasteiger partial charge is 0.229 e. The topological polar surface area (TPSA) is 280 Å². The highest BCUT2D eigenvalue weighted by molar-refractivity contribution is 5.88. The Morgan fingerprint density at radius 2 is 1.35 bits per heavy atom. The number of aliphatic hydroxyl groups excluding tert-OH is 8. The molecule has 5 rings (SSSR count). The molecule has 2 unspecified atom stereocenters. The van der Waals surface area contributed by atoms with Crippen LogP contribution in [0.15, 0.2) is 39.5 Å². The molecule has 2 fully saturated rings. The molecule has 3 heterocycles. The molecule has 234 valence electrons. The minimum atomic E-state index is -1.97. The van der Waals surface area contributed by atoms with Crippen molar-refractivity contribution in [2.24, 2.45) is 0 Å². The van der Waals surface area contributed by atoms with E-state index in [-0.39, 0.29) is 16.9 Å². The van der Waals surface area contributed by atoms with E-state index in [4.69, 9.17) is 18.6 Å². The van der Waals surface area contributed by atoms with E-state index in [9.17, 15) is 61.0 Å². The number of rotatable bonds is 6. The summed E-state index contributed by atoms with van der Waals surface area (Å²) >= 11 is 0. The van der Waals surface area contributed by atoms with E-state index < -0.39 is 114 Å². The summed E-state index contributed by atoms with van der Waals surface area (Å²) in [5.41, 5.74) is -1.56. The van der Waals surface area contributed by atoms with Crippen LogP contribution in [0.4, 0.5) is 0 Å². The van der Waals surface area contributed by atoms with Gasteiger partial charge in [0.05, 0.1) is 18.8 Å². The molecule has 2 saturated heterocycles. The molecular weight excluding hydrogens is 580 g/mol. The van der Waals surface area contributed by atoms with Crippen LogP contribution in [0, 0.1) is 0 Å². The summed E-state index contributed by atoms with van der Waals surface area (Å²) < 4.78 is 22.5. The fourth-order valence-electron chi connectivity index (χ4n) is 5.12. The van der Waals surface area contributed by atoms with Gasteiger partial charge in [-0.05, 0) is 18.2 Å². The van der Waals surface area contributed by atoms with Gasteiger partial charge in [-0.3, -0.25) is 4.79 Å². The lowest BCUT2D eigenvalue weighted by Crippen LogP contribution is -2.60. The SMILES string of the molecule is O=c1cc(-c2ccc(O)c(O)c2)oc2cc(OC3O[C@H](CO)[C@@H](O)[C@H](O)[C@H]3O)c(C3O[C@H](CO)[C@@H](O)[C@H](O)[C@H]3O)c(O)c12. The Morgan fingerprint density at radius 1 is 0.721 bits per heavy atom. The van der Waals surface area contributed by atoms with Crippen LogP contribution in [0.5, 0.6) is 23.0 Å². The molecule has 43 heavy (non-hydrogen) atoms. The van der Waals surface area contributed by atoms with E-state index in [2.05, 4.69) is 0 Å². The zero-order valence-electron chi connectivity index (χ0n) is 22.0. The highest BCUT2D eigenvalue weighted by atomic mass is 16.7. The molecule has 11 N–H and O–H groups in total. The number of benzene rings is 2. The molecule has 0 bridgehead atoms. The van der Waals surface area contributed by atoms with E-state index in [1.54, 1.807) is 0 Å². The second-order valence-electron chi connectivity index (χ2n) is 10.3. The number of aliphatic hydroxyl groups is 8. The maximum absolute atomic E-state index is 13.3. The van der Waals surface area contributed by atoms with Crippen molar-refractivity contribution in [1.29, 1.82) is 0 Å². The minimum Gasteiger partial charge on any atom is -0.506 e. The second-order valence-corrected chi connectivity index (χ2v) is 10.3. The number of hydrogen-bond donors (Lipinski definition) is 11. The molecular formula is C27H30O16. The van der Waals surface area contributed by atoms with Crippen molar-refractivity contribution in [2.75, 3.05) is 13.2 Å². The molecule has 1 aromatic heterocycles. The average molecular weight is 611 g/mol. The third-order valence-corrected chi connectivity index (χ3v) is 7.52. The zero-order valence-corrected chi connectivity index (χ0v) is 22.0. The van der Waals surface area contributed by atoms with Gasteiger partial charge in [-0.2, -0.15) is 0 Å². The Labute approximate surface area is 241 Å². The Hall–Kier alpha value is -3.55. The fraction of sp³-hybridized carbons (Fsp3) is 0.444. The summed E-state index contributed by atoms with van der Waals surface area (Å²) in [5.74, 6) is -2.49. The van der Waals surface area contributed by atoms with Crippen LogP contribution in [-0.4, -0.2) is 125 Å². The van der Waals surface area contributed by atoms with Crippen molar-refractivity contribution in [1.82, 2.24) is 0 Å². The van der Waals surface area contributed by atoms with E-state index in [1.807, 2.05) is 0 Å². The largest absolute Gasteiger partial charge is 0.506 e. The lowest BCUT2D eigenvalue weighted by Gasteiger charge is -2.42. The molecule has 0 amide bonds. The lowest BCUT2D eigenvalue weighted by atomic mass is 9.89. The summed E-state index contributed by atoms with van der Waals surface area (Å²) in [6.07, 6.45) is -17.6. The van der Waals surface area contributed by atoms with Crippen molar-refractivity contribution in [3.63, 3.8) is 0 Å². The summed E-state index contributed by atoms with van der Waals surface area (Å²) in [6, 6.07) is 5.56. The zero-order chi connectivity index (χ0) is 31.3. The molecule has 0 aliphatic carbocycles. The van der Waals surface area contributed by atoms with E-state index in [0.717, 1.165) is 24.3 Å². The predicted octanol–water partition coefficient (Wildman–Crippen LogP) is -2.73. The highest BCUT2D eigenvalue weighted by Crippen LogP contribution is 2.46. The molecule has 16 nitrogen and oxygen atoms in total. The van der Waals surface area contributed by atoms with Crippen molar-refractivity contribution >= 4 is 11.0 Å². The number of fused-ring (bicyclic) bond motifs is 1. The van der Waals surface area contributed by atoms with Crippen LogP contribution < -0.4 is 10.2 Å². The Bertz CT molecular complexity index is 1540. The standard InChI is InChI=1S/C27H30O16/c28-6-15-19(33)22(36)24(38)26(41-15)18-14(42-27-25(39)23(37)20(34)16(7-29)43-27)5-13-17(21(18)35)11(32)4-12(40-13)8-1-2-9(30)10(31)3-8/h1-5,15-16,19-20,22-31,33-39H,6-7H2/t15-,16-,19-,20-,22+,23+,24-,25-,26?,27?/m1/s1. The predicted molar refractivity (Wildman–Crippen MR) is 140 cm³/mol. The van der Waals surface area contributed by atoms with Gasteiger partial charge in [-0.15, -0.1) is 0 Å². The average Bonchev–Trinajstić information content (AvgIpc) is 2.98. The first-order chi connectivity index (χ1) is 20.4. The normalized spacial score (nSPS) is 33.0. The minimum absolute atomic E-state index is 0.133. The molecule has 0 saturated carbocycles. The monoisotopic (exact) mass is 610 g/mol. The number of phenols is 3. The van der Waals surface area contributed by atoms with Crippen molar-refractivity contribution in [3.05, 3.63) is 46.1 Å². The lowest BCUT2D eigenvalue weighted by molar-refractivity contribution is -0.278. The Kier molecular flexibility index (Phi) is 8.52. The van der Waals surface area contributed by atoms with Gasteiger partial charge in [0.2, 0.25) is 6.29 Å². The van der Waals surface area contributed by atoms with Crippen LogP contribution in [0.3, 0.4) is 0 Å². The molecule has 10 atom stereocenters. The van der Waals surface area contributed by atoms with Crippen LogP contribution in [0.2, 0.25) is 0 Å². The van der Waals surface area contributed by atoms with Crippen LogP contribution >= 0.6 is 0 Å². The van der Waals surface area contributed by atoms with Crippen molar-refractivity contribution < 1.29 is 74.8 Å². The van der Waals surface area contributed by atoms with Gasteiger partial charge in [-0.1, -0.05) is 0 Å². The number of aromatic hydroxyl groups is 3. The number of ether oxygens (including phenoxy) is 3. The molecule has 2 aromatic carbocycles. The van der Waals surface area contributed by atoms with Gasteiger partial charge in [0.15, 0.2) is 16.9 Å². The summed E-state index contributed by atoms with van der Waals surface area (Å²) in [6.45, 7) is -1.63. The molecule has 3 aromatic rings. The van der Waals surface area contributed by atoms with Gasteiger partial charge in [0, 0.05) is 17.7 Å². The first-order valence-electron chi connectivity index (χ1n) is 13.0. The molecule has 2 aliphatic rings. The molecule has 16 heteroatoms. The van der Waals surface area contributed by atoms with Gasteiger partial charge in [0.1, 0.15) is 83.2 Å². The summed E-state index contributed by atoms with van der Waals surface area (Å²) in [7, 11) is 0. The first kappa shape index (κ1) is 30.9. The van der Waals surface area contributed by atoms with E-state index >= 15 is 0 Å². The summed E-state index contributed by atoms with van der Waals surface area (Å²) in [4.78, 5) is 13.3. The van der Waals surface area contributed by atoms with Crippen LogP contribution in [0.1, 0.15) is 11.7 Å². The third-order valence-electron chi connectivity index (χ3n) is 7.52. The maximum atomic E-state index is 13.3. The molecule has 2 aliphatic heterocycles. The third kappa shape index (κ3) is 5.38. The maximum Gasteiger partial charge on any atom is 0.229 e. The van der Waals surface area contributed by atoms with Gasteiger partial charge >= 0.3 is 0 Å². The Morgan fingerprint density at radius 3 is 1.98 bits per heavy atom. The van der Waals surface area contributed by atoms with E-state index in [0.29, 0.717) is 0 Å². The Balaban J connectivity index is 1.69. The molecule has 0 spiro atoms. The van der Waals surface area contributed by atoms with Crippen LogP contribution in [0.25, 0.3) is 22.3 Å². The highest BCUT2D eigenvalue weighted by Gasteiger charge is 2.48. The van der Waals surface area contributed by atoms with Crippen LogP contribution in [-0.2, 0) is 9.47 Å². The fourth-order valence-corrected chi connectivity index (χ4v) is 5.12. The van der Waals surface area contributed by atoms with Crippen molar-refractivity contribution in [3.8, 4) is 34.3 Å². The molecule has 0 radical (unpaired) electrons.